The van der Waals surface area contributed by atoms with E-state index in [9.17, 15) is 4.79 Å². The van der Waals surface area contributed by atoms with Gasteiger partial charge in [-0.05, 0) is 45.3 Å². The number of ether oxygens (including phenoxy) is 1. The molecule has 2 heterocycles. The van der Waals surface area contributed by atoms with Crippen molar-refractivity contribution in [1.82, 2.24) is 10.6 Å². The summed E-state index contributed by atoms with van der Waals surface area (Å²) in [6, 6.07) is 1.69. The zero-order chi connectivity index (χ0) is 13.5. The largest absolute Gasteiger partial charge is 0.469 e. The van der Waals surface area contributed by atoms with Crippen LogP contribution in [0.1, 0.15) is 35.4 Å². The van der Waals surface area contributed by atoms with Crippen LogP contribution in [-0.2, 0) is 4.74 Å². The summed E-state index contributed by atoms with van der Waals surface area (Å²) in [6.07, 6.45) is 4.92. The molecule has 2 N–H and O–H groups in total. The van der Waals surface area contributed by atoms with Crippen LogP contribution in [0.2, 0.25) is 0 Å². The summed E-state index contributed by atoms with van der Waals surface area (Å²) >= 11 is 0. The van der Waals surface area contributed by atoms with Crippen LogP contribution in [0.5, 0.6) is 0 Å². The molecule has 1 aliphatic rings. The normalized spacial score (nSPS) is 16.5. The molecule has 0 spiro atoms. The Kier molecular flexibility index (Phi) is 5.42. The fraction of sp³-hybridized carbons (Fsp3) is 0.643. The van der Waals surface area contributed by atoms with Crippen molar-refractivity contribution >= 4 is 5.91 Å². The number of amides is 1. The first kappa shape index (κ1) is 14.1. The number of furan rings is 1. The molecule has 106 valence electrons. The molecule has 2 rings (SSSR count). The Morgan fingerprint density at radius 2 is 2.32 bits per heavy atom. The van der Waals surface area contributed by atoms with E-state index in [-0.39, 0.29) is 5.91 Å². The Hall–Kier alpha value is -1.33. The van der Waals surface area contributed by atoms with Crippen LogP contribution in [0.25, 0.3) is 0 Å². The van der Waals surface area contributed by atoms with E-state index in [1.165, 1.54) is 6.26 Å². The number of hydrogen-bond donors (Lipinski definition) is 2. The molecule has 0 saturated carbocycles. The van der Waals surface area contributed by atoms with Gasteiger partial charge in [-0.15, -0.1) is 0 Å². The molecule has 0 radical (unpaired) electrons. The van der Waals surface area contributed by atoms with E-state index in [1.54, 1.807) is 13.0 Å². The first-order chi connectivity index (χ1) is 9.27. The molecule has 1 aromatic heterocycles. The molecular weight excluding hydrogens is 244 g/mol. The molecule has 1 aromatic rings. The van der Waals surface area contributed by atoms with Gasteiger partial charge in [0.2, 0.25) is 0 Å². The molecule has 1 fully saturated rings. The zero-order valence-corrected chi connectivity index (χ0v) is 11.4. The Bertz CT molecular complexity index is 397. The van der Waals surface area contributed by atoms with Gasteiger partial charge in [0.05, 0.1) is 17.9 Å². The summed E-state index contributed by atoms with van der Waals surface area (Å²) in [5, 5.41) is 6.18. The highest BCUT2D eigenvalue weighted by Gasteiger charge is 2.13. The first-order valence-electron chi connectivity index (χ1n) is 6.92. The quantitative estimate of drug-likeness (QED) is 0.765. The lowest BCUT2D eigenvalue weighted by Crippen LogP contribution is -2.33. The third-order valence-corrected chi connectivity index (χ3v) is 3.35. The highest BCUT2D eigenvalue weighted by Crippen LogP contribution is 2.09. The second-order valence-corrected chi connectivity index (χ2v) is 4.82. The van der Waals surface area contributed by atoms with Crippen molar-refractivity contribution in [1.29, 1.82) is 0 Å². The molecule has 0 unspecified atom stereocenters. The Morgan fingerprint density at radius 3 is 3.00 bits per heavy atom. The lowest BCUT2D eigenvalue weighted by atomic mass is 10.1. The fourth-order valence-electron chi connectivity index (χ4n) is 2.20. The van der Waals surface area contributed by atoms with Gasteiger partial charge in [-0.2, -0.15) is 0 Å². The Balaban J connectivity index is 1.56. The number of carbonyl (C=O) groups excluding carboxylic acids is 1. The summed E-state index contributed by atoms with van der Waals surface area (Å²) < 4.78 is 10.9. The summed E-state index contributed by atoms with van der Waals surface area (Å²) in [4.78, 5) is 11.8. The standard InChI is InChI=1S/C14H22N2O3/c1-11-13(5-10-18-11)14(17)16-6-2-9-19-12-3-7-15-8-4-12/h5,10,12,15H,2-4,6-9H2,1H3,(H,16,17). The van der Waals surface area contributed by atoms with Crippen molar-refractivity contribution in [3.63, 3.8) is 0 Å². The molecular formula is C14H22N2O3. The number of rotatable bonds is 6. The minimum absolute atomic E-state index is 0.0758. The zero-order valence-electron chi connectivity index (χ0n) is 11.4. The molecule has 1 saturated heterocycles. The van der Waals surface area contributed by atoms with Gasteiger partial charge >= 0.3 is 0 Å². The molecule has 1 aliphatic heterocycles. The van der Waals surface area contributed by atoms with E-state index in [1.807, 2.05) is 0 Å². The highest BCUT2D eigenvalue weighted by molar-refractivity contribution is 5.94. The highest BCUT2D eigenvalue weighted by atomic mass is 16.5. The number of hydrogen-bond acceptors (Lipinski definition) is 4. The minimum Gasteiger partial charge on any atom is -0.469 e. The minimum atomic E-state index is -0.0758. The topological polar surface area (TPSA) is 63.5 Å². The van der Waals surface area contributed by atoms with Gasteiger partial charge in [-0.3, -0.25) is 4.79 Å². The van der Waals surface area contributed by atoms with Gasteiger partial charge in [0.1, 0.15) is 5.76 Å². The molecule has 5 heteroatoms. The average Bonchev–Trinajstić information content (AvgIpc) is 2.86. The van der Waals surface area contributed by atoms with Crippen molar-refractivity contribution in [2.45, 2.75) is 32.3 Å². The Morgan fingerprint density at radius 1 is 1.53 bits per heavy atom. The number of nitrogens with one attached hydrogen (secondary N) is 2. The summed E-state index contributed by atoms with van der Waals surface area (Å²) in [5.74, 6) is 0.580. The summed E-state index contributed by atoms with van der Waals surface area (Å²) in [5.41, 5.74) is 0.610. The summed E-state index contributed by atoms with van der Waals surface area (Å²) in [6.45, 7) is 5.21. The number of carbonyl (C=O) groups is 1. The number of aryl methyl sites for hydroxylation is 1. The lowest BCUT2D eigenvalue weighted by molar-refractivity contribution is 0.0318. The van der Waals surface area contributed by atoms with Crippen LogP contribution in [0, 0.1) is 6.92 Å². The summed E-state index contributed by atoms with van der Waals surface area (Å²) in [7, 11) is 0. The third kappa shape index (κ3) is 4.36. The predicted octanol–water partition coefficient (Wildman–Crippen LogP) is 1.48. The molecule has 0 atom stereocenters. The van der Waals surface area contributed by atoms with Crippen molar-refractivity contribution in [3.05, 3.63) is 23.7 Å². The molecule has 0 aromatic carbocycles. The fourth-order valence-corrected chi connectivity index (χ4v) is 2.20. The molecule has 19 heavy (non-hydrogen) atoms. The van der Waals surface area contributed by atoms with Crippen LogP contribution in [0.4, 0.5) is 0 Å². The average molecular weight is 266 g/mol. The van der Waals surface area contributed by atoms with E-state index in [0.29, 0.717) is 30.6 Å². The monoisotopic (exact) mass is 266 g/mol. The van der Waals surface area contributed by atoms with Crippen LogP contribution < -0.4 is 10.6 Å². The molecule has 0 bridgehead atoms. The SMILES string of the molecule is Cc1occc1C(=O)NCCCOC1CCNCC1. The van der Waals surface area contributed by atoms with Gasteiger partial charge < -0.3 is 19.8 Å². The molecule has 5 nitrogen and oxygen atoms in total. The van der Waals surface area contributed by atoms with Crippen molar-refractivity contribution < 1.29 is 13.9 Å². The van der Waals surface area contributed by atoms with E-state index in [4.69, 9.17) is 9.15 Å². The van der Waals surface area contributed by atoms with Crippen LogP contribution in [0.3, 0.4) is 0 Å². The maximum absolute atomic E-state index is 11.8. The van der Waals surface area contributed by atoms with Gasteiger partial charge in [0.25, 0.3) is 5.91 Å². The maximum Gasteiger partial charge on any atom is 0.254 e. The second-order valence-electron chi connectivity index (χ2n) is 4.82. The molecule has 0 aliphatic carbocycles. The van der Waals surface area contributed by atoms with Gasteiger partial charge in [-0.1, -0.05) is 0 Å². The third-order valence-electron chi connectivity index (χ3n) is 3.35. The second kappa shape index (κ2) is 7.31. The van der Waals surface area contributed by atoms with E-state index in [0.717, 1.165) is 32.4 Å². The lowest BCUT2D eigenvalue weighted by Gasteiger charge is -2.22. The predicted molar refractivity (Wildman–Crippen MR) is 72.2 cm³/mol. The van der Waals surface area contributed by atoms with Crippen molar-refractivity contribution in [2.24, 2.45) is 0 Å². The first-order valence-corrected chi connectivity index (χ1v) is 6.92. The van der Waals surface area contributed by atoms with Gasteiger partial charge in [-0.25, -0.2) is 0 Å². The van der Waals surface area contributed by atoms with E-state index in [2.05, 4.69) is 10.6 Å². The van der Waals surface area contributed by atoms with Crippen LogP contribution >= 0.6 is 0 Å². The van der Waals surface area contributed by atoms with Crippen molar-refractivity contribution in [3.8, 4) is 0 Å². The number of piperidine rings is 1. The van der Waals surface area contributed by atoms with E-state index < -0.39 is 0 Å². The van der Waals surface area contributed by atoms with Gasteiger partial charge in [0, 0.05) is 13.2 Å². The Labute approximate surface area is 113 Å². The van der Waals surface area contributed by atoms with Crippen LogP contribution in [0.15, 0.2) is 16.7 Å². The maximum atomic E-state index is 11.8. The van der Waals surface area contributed by atoms with E-state index >= 15 is 0 Å². The van der Waals surface area contributed by atoms with Gasteiger partial charge in [0.15, 0.2) is 0 Å². The van der Waals surface area contributed by atoms with Crippen molar-refractivity contribution in [2.75, 3.05) is 26.2 Å². The van der Waals surface area contributed by atoms with Crippen LogP contribution in [-0.4, -0.2) is 38.3 Å². The smallest absolute Gasteiger partial charge is 0.254 e. The molecule has 1 amide bonds.